The van der Waals surface area contributed by atoms with Crippen LogP contribution in [0.3, 0.4) is 0 Å². The van der Waals surface area contributed by atoms with E-state index in [2.05, 4.69) is 14.7 Å². The predicted octanol–water partition coefficient (Wildman–Crippen LogP) is 2.66. The van der Waals surface area contributed by atoms with Gasteiger partial charge in [-0.05, 0) is 24.1 Å². The molecule has 0 aliphatic heterocycles. The van der Waals surface area contributed by atoms with Gasteiger partial charge < -0.3 is 14.0 Å². The van der Waals surface area contributed by atoms with Crippen molar-refractivity contribution in [3.63, 3.8) is 0 Å². The Hall–Kier alpha value is -3.41. The summed E-state index contributed by atoms with van der Waals surface area (Å²) in [6.45, 7) is 0.506. The van der Waals surface area contributed by atoms with Crippen molar-refractivity contribution >= 4 is 17.1 Å². The number of fused-ring (bicyclic) bond motifs is 1. The fourth-order valence-corrected chi connectivity index (χ4v) is 3.18. The molecule has 3 rings (SSSR count). The van der Waals surface area contributed by atoms with Crippen LogP contribution in [0.2, 0.25) is 0 Å². The Morgan fingerprint density at radius 3 is 2.48 bits per heavy atom. The van der Waals surface area contributed by atoms with E-state index in [9.17, 15) is 27.6 Å². The number of benzene rings is 1. The van der Waals surface area contributed by atoms with Crippen LogP contribution in [0, 0.1) is 0 Å². The zero-order valence-electron chi connectivity index (χ0n) is 18.1. The molecule has 33 heavy (non-hydrogen) atoms. The summed E-state index contributed by atoms with van der Waals surface area (Å²) < 4.78 is 49.1. The smallest absolute Gasteiger partial charge is 0.411 e. The lowest BCUT2D eigenvalue weighted by Crippen LogP contribution is -2.31. The number of alkyl halides is 3. The van der Waals surface area contributed by atoms with Crippen LogP contribution in [0.25, 0.3) is 11.2 Å². The second-order valence-electron chi connectivity index (χ2n) is 7.40. The van der Waals surface area contributed by atoms with Gasteiger partial charge in [-0.2, -0.15) is 13.2 Å². The second-order valence-corrected chi connectivity index (χ2v) is 7.40. The van der Waals surface area contributed by atoms with Crippen LogP contribution in [0.1, 0.15) is 41.5 Å². The Kier molecular flexibility index (Phi) is 7.36. The number of hydrogen-bond donors (Lipinski definition) is 1. The molecular weight excluding hydrogens is 445 g/mol. The normalized spacial score (nSPS) is 11.8. The highest BCUT2D eigenvalue weighted by atomic mass is 19.4. The molecule has 0 radical (unpaired) electrons. The quantitative estimate of drug-likeness (QED) is 0.484. The molecule has 0 spiro atoms. The summed E-state index contributed by atoms with van der Waals surface area (Å²) in [5.74, 6) is -0.404. The summed E-state index contributed by atoms with van der Waals surface area (Å²) >= 11 is 0. The number of ether oxygens (including phenoxy) is 2. The first-order valence-corrected chi connectivity index (χ1v) is 10.2. The molecule has 1 N–H and O–H groups in total. The fourth-order valence-electron chi connectivity index (χ4n) is 3.18. The van der Waals surface area contributed by atoms with Crippen LogP contribution < -0.4 is 11.2 Å². The van der Waals surface area contributed by atoms with Crippen LogP contribution in [0.5, 0.6) is 0 Å². The van der Waals surface area contributed by atoms with E-state index in [1.54, 1.807) is 7.05 Å². The first kappa shape index (κ1) is 24.2. The highest BCUT2D eigenvalue weighted by molar-refractivity contribution is 5.89. The van der Waals surface area contributed by atoms with E-state index in [4.69, 9.17) is 4.74 Å². The largest absolute Gasteiger partial charge is 0.454 e. The zero-order valence-corrected chi connectivity index (χ0v) is 18.1. The van der Waals surface area contributed by atoms with Gasteiger partial charge in [0.15, 0.2) is 11.2 Å². The zero-order chi connectivity index (χ0) is 24.2. The summed E-state index contributed by atoms with van der Waals surface area (Å²) in [5, 5.41) is 0. The molecule has 0 atom stereocenters. The van der Waals surface area contributed by atoms with Crippen molar-refractivity contribution in [3.8, 4) is 0 Å². The number of H-pyrrole nitrogens is 1. The summed E-state index contributed by atoms with van der Waals surface area (Å²) in [7, 11) is 1.58. The van der Waals surface area contributed by atoms with E-state index >= 15 is 0 Å². The highest BCUT2D eigenvalue weighted by Gasteiger charge is 2.27. The van der Waals surface area contributed by atoms with Gasteiger partial charge in [-0.3, -0.25) is 14.3 Å². The van der Waals surface area contributed by atoms with Gasteiger partial charge in [0, 0.05) is 13.6 Å². The Balaban J connectivity index is 1.70. The molecular formula is C21H23F3N4O5. The third-order valence-electron chi connectivity index (χ3n) is 4.90. The van der Waals surface area contributed by atoms with Crippen LogP contribution in [0.15, 0.2) is 33.9 Å². The molecule has 0 fully saturated rings. The highest BCUT2D eigenvalue weighted by Crippen LogP contribution is 2.16. The monoisotopic (exact) mass is 468 g/mol. The fraction of sp³-hybridized carbons (Fsp3) is 0.429. The molecule has 9 nitrogen and oxygen atoms in total. The minimum Gasteiger partial charge on any atom is -0.454 e. The van der Waals surface area contributed by atoms with Crippen molar-refractivity contribution in [2.24, 2.45) is 7.05 Å². The maximum atomic E-state index is 12.4. The van der Waals surface area contributed by atoms with E-state index in [-0.39, 0.29) is 35.8 Å². The molecule has 12 heteroatoms. The van der Waals surface area contributed by atoms with Gasteiger partial charge >= 0.3 is 17.8 Å². The average Bonchev–Trinajstić information content (AvgIpc) is 3.08. The van der Waals surface area contributed by atoms with E-state index in [1.807, 2.05) is 6.92 Å². The first-order chi connectivity index (χ1) is 15.6. The number of carbonyl (C=O) groups excluding carboxylic acids is 1. The first-order valence-electron chi connectivity index (χ1n) is 10.2. The number of unbranched alkanes of at least 4 members (excludes halogenated alkanes) is 1. The molecule has 3 aromatic rings. The van der Waals surface area contributed by atoms with Crippen LogP contribution in [-0.4, -0.2) is 37.9 Å². The molecule has 0 unspecified atom stereocenters. The van der Waals surface area contributed by atoms with Crippen molar-refractivity contribution in [1.29, 1.82) is 0 Å². The lowest BCUT2D eigenvalue weighted by atomic mass is 10.1. The SMILES string of the molecule is CCCCn1c(=O)[nH]c(=O)c2c1nc(COC(=O)c1ccc(COCC(F)(F)F)cc1)n2C. The standard InChI is InChI=1S/C21H23F3N4O5/c1-3-4-9-28-17-16(18(29)26-20(28)31)27(2)15(25-17)11-33-19(30)14-7-5-13(6-8-14)10-32-12-21(22,23)24/h5-8H,3-4,9-12H2,1-2H3,(H,26,29,31). The Labute approximate surface area is 185 Å². The number of halogens is 3. The van der Waals surface area contributed by atoms with E-state index < -0.39 is 30.0 Å². The molecule has 178 valence electrons. The summed E-state index contributed by atoms with van der Waals surface area (Å²) in [4.78, 5) is 43.4. The predicted molar refractivity (Wildman–Crippen MR) is 112 cm³/mol. The number of esters is 1. The van der Waals surface area contributed by atoms with Gasteiger partial charge in [-0.1, -0.05) is 25.5 Å². The van der Waals surface area contributed by atoms with E-state index in [1.165, 1.54) is 33.4 Å². The number of hydrogen-bond acceptors (Lipinski definition) is 6. The number of aromatic nitrogens is 4. The number of carbonyl (C=O) groups is 1. The van der Waals surface area contributed by atoms with Crippen LogP contribution in [-0.2, 0) is 36.3 Å². The van der Waals surface area contributed by atoms with E-state index in [0.717, 1.165) is 12.8 Å². The summed E-state index contributed by atoms with van der Waals surface area (Å²) in [5.41, 5.74) is -0.0732. The van der Waals surface area contributed by atoms with Gasteiger partial charge in [-0.25, -0.2) is 14.6 Å². The lowest BCUT2D eigenvalue weighted by molar-refractivity contribution is -0.176. The van der Waals surface area contributed by atoms with Crippen molar-refractivity contribution in [2.45, 2.75) is 45.7 Å². The van der Waals surface area contributed by atoms with Crippen molar-refractivity contribution in [3.05, 3.63) is 62.1 Å². The number of imidazole rings is 1. The summed E-state index contributed by atoms with van der Waals surface area (Å²) in [6, 6.07) is 5.76. The molecule has 0 bridgehead atoms. The average molecular weight is 468 g/mol. The van der Waals surface area contributed by atoms with Gasteiger partial charge in [0.05, 0.1) is 12.2 Å². The number of nitrogens with one attached hydrogen (secondary N) is 1. The topological polar surface area (TPSA) is 108 Å². The van der Waals surface area contributed by atoms with Gasteiger partial charge in [0.25, 0.3) is 5.56 Å². The van der Waals surface area contributed by atoms with E-state index in [0.29, 0.717) is 12.1 Å². The third-order valence-corrected chi connectivity index (χ3v) is 4.90. The number of aromatic amines is 1. The minimum absolute atomic E-state index is 0.186. The molecule has 2 aromatic heterocycles. The van der Waals surface area contributed by atoms with Gasteiger partial charge in [0.1, 0.15) is 19.0 Å². The maximum absolute atomic E-state index is 12.4. The molecule has 1 aromatic carbocycles. The molecule has 0 saturated carbocycles. The van der Waals surface area contributed by atoms with Gasteiger partial charge in [-0.15, -0.1) is 0 Å². The van der Waals surface area contributed by atoms with Crippen LogP contribution >= 0.6 is 0 Å². The maximum Gasteiger partial charge on any atom is 0.411 e. The Morgan fingerprint density at radius 2 is 1.85 bits per heavy atom. The van der Waals surface area contributed by atoms with Crippen molar-refractivity contribution in [1.82, 2.24) is 19.1 Å². The summed E-state index contributed by atoms with van der Waals surface area (Å²) in [6.07, 6.45) is -2.84. The molecule has 0 aliphatic rings. The molecule has 2 heterocycles. The lowest BCUT2D eigenvalue weighted by Gasteiger charge is -2.08. The minimum atomic E-state index is -4.41. The number of aryl methyl sites for hydroxylation is 2. The second kappa shape index (κ2) is 10.0. The molecule has 0 aliphatic carbocycles. The number of rotatable bonds is 9. The Bertz CT molecular complexity index is 1240. The third kappa shape index (κ3) is 5.89. The molecule has 0 amide bonds. The van der Waals surface area contributed by atoms with Crippen LogP contribution in [0.4, 0.5) is 13.2 Å². The molecule has 0 saturated heterocycles. The Morgan fingerprint density at radius 1 is 1.15 bits per heavy atom. The van der Waals surface area contributed by atoms with Crippen molar-refractivity contribution < 1.29 is 27.4 Å². The number of nitrogens with zero attached hydrogens (tertiary/aromatic N) is 3. The van der Waals surface area contributed by atoms with Gasteiger partial charge in [0.2, 0.25) is 0 Å². The van der Waals surface area contributed by atoms with Crippen molar-refractivity contribution in [2.75, 3.05) is 6.61 Å².